The zero-order valence-electron chi connectivity index (χ0n) is 24.1. The van der Waals surface area contributed by atoms with E-state index in [0.717, 1.165) is 39.4 Å². The van der Waals surface area contributed by atoms with Crippen molar-refractivity contribution in [2.24, 2.45) is 0 Å². The van der Waals surface area contributed by atoms with Crippen molar-refractivity contribution >= 4 is 34.5 Å². The van der Waals surface area contributed by atoms with Crippen molar-refractivity contribution in [2.75, 3.05) is 20.8 Å². The highest BCUT2D eigenvalue weighted by atomic mass is 32.1. The Balaban J connectivity index is 1.37. The van der Waals surface area contributed by atoms with Crippen LogP contribution < -0.4 is 24.3 Å². The van der Waals surface area contributed by atoms with Crippen molar-refractivity contribution < 1.29 is 14.2 Å². The molecular weight excluding hydrogens is 562 g/mol. The van der Waals surface area contributed by atoms with E-state index in [2.05, 4.69) is 16.1 Å². The number of hydrogen-bond acceptors (Lipinski definition) is 8. The molecule has 43 heavy (non-hydrogen) atoms. The minimum atomic E-state index is -0.237. The zero-order chi connectivity index (χ0) is 29.9. The number of ether oxygens (including phenoxy) is 3. The topological polar surface area (TPSA) is 92.8 Å². The van der Waals surface area contributed by atoms with E-state index >= 15 is 0 Å². The summed E-state index contributed by atoms with van der Waals surface area (Å²) in [7, 11) is 3.19. The molecule has 0 aliphatic heterocycles. The number of hydrogen-bond donors (Lipinski definition) is 0. The highest BCUT2D eigenvalue weighted by Crippen LogP contribution is 2.30. The number of nitrogens with zero attached hydrogens (tertiary/aromatic N) is 5. The van der Waals surface area contributed by atoms with Crippen LogP contribution in [-0.4, -0.2) is 45.2 Å². The van der Waals surface area contributed by atoms with Crippen LogP contribution in [0.1, 0.15) is 29.4 Å². The van der Waals surface area contributed by atoms with Crippen LogP contribution in [0.4, 0.5) is 0 Å². The summed E-state index contributed by atoms with van der Waals surface area (Å²) in [5, 5.41) is 9.35. The lowest BCUT2D eigenvalue weighted by molar-refractivity contribution is 0.338. The molecule has 3 heterocycles. The molecular formula is C33H29N5O4S. The van der Waals surface area contributed by atoms with Gasteiger partial charge < -0.3 is 14.2 Å². The lowest BCUT2D eigenvalue weighted by Crippen LogP contribution is -2.23. The summed E-state index contributed by atoms with van der Waals surface area (Å²) in [6.07, 6.45) is 7.42. The van der Waals surface area contributed by atoms with Gasteiger partial charge in [-0.05, 0) is 79.6 Å². The smallest absolute Gasteiger partial charge is 0.291 e. The van der Waals surface area contributed by atoms with Crippen LogP contribution in [0.25, 0.3) is 40.1 Å². The van der Waals surface area contributed by atoms with Crippen LogP contribution in [0.5, 0.6) is 17.2 Å². The van der Waals surface area contributed by atoms with Crippen LogP contribution in [0, 0.1) is 6.92 Å². The Labute approximate surface area is 251 Å². The Morgan fingerprint density at radius 2 is 1.70 bits per heavy atom. The first kappa shape index (κ1) is 27.9. The number of aromatic nitrogens is 5. The van der Waals surface area contributed by atoms with Crippen molar-refractivity contribution in [1.82, 2.24) is 24.4 Å². The summed E-state index contributed by atoms with van der Waals surface area (Å²) in [6, 6.07) is 21.5. The molecule has 3 aromatic carbocycles. The van der Waals surface area contributed by atoms with E-state index in [1.54, 1.807) is 20.3 Å². The van der Waals surface area contributed by atoms with Crippen molar-refractivity contribution in [3.63, 3.8) is 0 Å². The number of thiazole rings is 1. The monoisotopic (exact) mass is 591 g/mol. The van der Waals surface area contributed by atoms with E-state index in [4.69, 9.17) is 19.3 Å². The summed E-state index contributed by atoms with van der Waals surface area (Å²) < 4.78 is 20.1. The molecule has 0 spiro atoms. The van der Waals surface area contributed by atoms with Gasteiger partial charge in [0.25, 0.3) is 5.56 Å². The quantitative estimate of drug-likeness (QED) is 0.221. The molecule has 0 bridgehead atoms. The van der Waals surface area contributed by atoms with Gasteiger partial charge in [0.05, 0.1) is 31.0 Å². The van der Waals surface area contributed by atoms with Gasteiger partial charge in [-0.15, -0.1) is 5.10 Å². The molecule has 0 N–H and O–H groups in total. The molecule has 0 atom stereocenters. The summed E-state index contributed by atoms with van der Waals surface area (Å²) in [5.41, 5.74) is 5.07. The normalized spacial score (nSPS) is 12.0. The number of para-hydroxylation sites is 1. The van der Waals surface area contributed by atoms with E-state index < -0.39 is 0 Å². The summed E-state index contributed by atoms with van der Waals surface area (Å²) in [4.78, 5) is 18.5. The van der Waals surface area contributed by atoms with Gasteiger partial charge in [-0.25, -0.2) is 4.68 Å². The Morgan fingerprint density at radius 3 is 2.42 bits per heavy atom. The van der Waals surface area contributed by atoms with Gasteiger partial charge in [-0.3, -0.25) is 4.79 Å². The first-order chi connectivity index (χ1) is 21.0. The van der Waals surface area contributed by atoms with Crippen molar-refractivity contribution in [3.05, 3.63) is 110 Å². The molecule has 10 heteroatoms. The van der Waals surface area contributed by atoms with E-state index in [0.29, 0.717) is 33.4 Å². The summed E-state index contributed by atoms with van der Waals surface area (Å²) in [5.74, 6) is 2.55. The molecule has 0 aliphatic carbocycles. The van der Waals surface area contributed by atoms with Crippen LogP contribution in [0.15, 0.2) is 77.7 Å². The molecule has 6 rings (SSSR count). The zero-order valence-corrected chi connectivity index (χ0v) is 25.0. The van der Waals surface area contributed by atoms with Gasteiger partial charge in [0.1, 0.15) is 11.4 Å². The molecule has 6 aromatic rings. The second-order valence-corrected chi connectivity index (χ2v) is 10.7. The number of methoxy groups -OCH3 is 2. The maximum Gasteiger partial charge on any atom is 0.291 e. The molecule has 9 nitrogen and oxygen atoms in total. The fourth-order valence-corrected chi connectivity index (χ4v) is 5.64. The fourth-order valence-electron chi connectivity index (χ4n) is 4.73. The minimum absolute atomic E-state index is 0.237. The largest absolute Gasteiger partial charge is 0.494 e. The second kappa shape index (κ2) is 11.9. The van der Waals surface area contributed by atoms with Gasteiger partial charge in [-0.2, -0.15) is 14.6 Å². The van der Waals surface area contributed by atoms with E-state index in [-0.39, 0.29) is 5.56 Å². The Morgan fingerprint density at radius 1 is 0.907 bits per heavy atom. The Kier molecular flexibility index (Phi) is 7.76. The molecule has 0 saturated heterocycles. The predicted octanol–water partition coefficient (Wildman–Crippen LogP) is 5.45. The summed E-state index contributed by atoms with van der Waals surface area (Å²) >= 11 is 1.29. The van der Waals surface area contributed by atoms with E-state index in [9.17, 15) is 4.79 Å². The minimum Gasteiger partial charge on any atom is -0.494 e. The first-order valence-corrected chi connectivity index (χ1v) is 14.5. The second-order valence-electron chi connectivity index (χ2n) is 9.65. The first-order valence-electron chi connectivity index (χ1n) is 13.7. The maximum absolute atomic E-state index is 13.4. The van der Waals surface area contributed by atoms with Gasteiger partial charge in [0.15, 0.2) is 17.3 Å². The molecule has 0 amide bonds. The number of rotatable bonds is 9. The highest BCUT2D eigenvalue weighted by Gasteiger charge is 2.15. The fraction of sp³-hybridized carbons (Fsp3) is 0.152. The summed E-state index contributed by atoms with van der Waals surface area (Å²) in [6.45, 7) is 4.57. The Hall–Kier alpha value is -5.22. The highest BCUT2D eigenvalue weighted by molar-refractivity contribution is 7.15. The third-order valence-electron chi connectivity index (χ3n) is 6.83. The molecule has 0 saturated carbocycles. The van der Waals surface area contributed by atoms with Crippen molar-refractivity contribution in [3.8, 4) is 34.2 Å². The molecule has 216 valence electrons. The number of fused-ring (bicyclic) bond motifs is 1. The SMILES string of the molecule is CCOc1ccc(-c2nn(-c3ccccc3)cc2/C=c2\sc3nc(/C=C/c4ccc(OC)c(OC)c4)nn3c2=O)cc1C. The average molecular weight is 592 g/mol. The number of benzene rings is 3. The predicted molar refractivity (Wildman–Crippen MR) is 169 cm³/mol. The molecule has 0 unspecified atom stereocenters. The molecule has 3 aromatic heterocycles. The third-order valence-corrected chi connectivity index (χ3v) is 7.79. The third kappa shape index (κ3) is 5.64. The molecule has 0 radical (unpaired) electrons. The lowest BCUT2D eigenvalue weighted by Gasteiger charge is -2.08. The van der Waals surface area contributed by atoms with E-state index in [1.807, 2.05) is 97.5 Å². The van der Waals surface area contributed by atoms with Crippen molar-refractivity contribution in [2.45, 2.75) is 13.8 Å². The Bertz CT molecular complexity index is 2060. The standard InChI is InChI=1S/C33H29N5O4S/c1-5-42-26-15-13-23(17-21(26)2)31-24(20-37(36-31)25-9-7-6-8-10-25)19-29-32(39)38-33(43-29)34-30(35-38)16-12-22-11-14-27(40-3)28(18-22)41-4/h6-20H,5H2,1-4H3/b16-12+,29-19-. The van der Waals surface area contributed by atoms with Gasteiger partial charge in [0, 0.05) is 17.3 Å². The van der Waals surface area contributed by atoms with Gasteiger partial charge >= 0.3 is 0 Å². The van der Waals surface area contributed by atoms with Crippen LogP contribution >= 0.6 is 11.3 Å². The number of aryl methyl sites for hydroxylation is 1. The molecule has 0 aliphatic rings. The lowest BCUT2D eigenvalue weighted by atomic mass is 10.0. The maximum atomic E-state index is 13.4. The van der Waals surface area contributed by atoms with Gasteiger partial charge in [-0.1, -0.05) is 41.7 Å². The van der Waals surface area contributed by atoms with Gasteiger partial charge in [0.2, 0.25) is 4.96 Å². The van der Waals surface area contributed by atoms with Crippen molar-refractivity contribution in [1.29, 1.82) is 0 Å². The molecule has 0 fully saturated rings. The van der Waals surface area contributed by atoms with Crippen LogP contribution in [-0.2, 0) is 0 Å². The van der Waals surface area contributed by atoms with Crippen LogP contribution in [0.2, 0.25) is 0 Å². The average Bonchev–Trinajstić information content (AvgIpc) is 3.72. The van der Waals surface area contributed by atoms with E-state index in [1.165, 1.54) is 15.9 Å². The van der Waals surface area contributed by atoms with Crippen LogP contribution in [0.3, 0.4) is 0 Å².